The number of aliphatic hydroxyl groups excluding tert-OH is 1. The van der Waals surface area contributed by atoms with Gasteiger partial charge in [0.1, 0.15) is 5.75 Å². The number of methoxy groups -OCH3 is 1. The lowest BCUT2D eigenvalue weighted by atomic mass is 9.86. The van der Waals surface area contributed by atoms with E-state index < -0.39 is 6.10 Å². The zero-order chi connectivity index (χ0) is 20.8. The Kier molecular flexibility index (Phi) is 7.68. The topological polar surface area (TPSA) is 49.8 Å². The van der Waals surface area contributed by atoms with Gasteiger partial charge in [-0.25, -0.2) is 0 Å². The van der Waals surface area contributed by atoms with Gasteiger partial charge in [0.2, 0.25) is 0 Å². The van der Waals surface area contributed by atoms with E-state index in [2.05, 4.69) is 25.1 Å². The maximum absolute atomic E-state index is 12.9. The first-order valence-electron chi connectivity index (χ1n) is 10.9. The summed E-state index contributed by atoms with van der Waals surface area (Å²) in [7, 11) is 5.87. The first-order chi connectivity index (χ1) is 14.0. The Balaban J connectivity index is 1.52. The van der Waals surface area contributed by atoms with Crippen LogP contribution in [0.15, 0.2) is 42.0 Å². The predicted molar refractivity (Wildman–Crippen MR) is 118 cm³/mol. The second-order valence-electron chi connectivity index (χ2n) is 8.81. The molecule has 1 aromatic carbocycles. The summed E-state index contributed by atoms with van der Waals surface area (Å²) in [5.74, 6) is 1.23. The lowest BCUT2D eigenvalue weighted by Crippen LogP contribution is -2.27. The summed E-state index contributed by atoms with van der Waals surface area (Å²) in [6, 6.07) is 7.64. The summed E-state index contributed by atoms with van der Waals surface area (Å²) < 4.78 is 5.17. The molecule has 0 saturated heterocycles. The Hall–Kier alpha value is -1.91. The number of ketones is 1. The maximum Gasteiger partial charge on any atom is 0.161 e. The van der Waals surface area contributed by atoms with Crippen LogP contribution in [0.4, 0.5) is 0 Å². The minimum absolute atomic E-state index is 0.0569. The van der Waals surface area contributed by atoms with Crippen LogP contribution >= 0.6 is 0 Å². The molecule has 0 aliphatic heterocycles. The van der Waals surface area contributed by atoms with Gasteiger partial charge >= 0.3 is 0 Å². The molecule has 1 N–H and O–H groups in total. The highest BCUT2D eigenvalue weighted by Gasteiger charge is 2.47. The SMILES string of the molecule is COc1ccc(C=CC(=O)[C@@H]2[C@H]3CC(CCCCCN(C)C)=C[C@H]3C[C@H]2O)cc1. The number of benzene rings is 1. The van der Waals surface area contributed by atoms with Crippen LogP contribution in [0.5, 0.6) is 5.75 Å². The van der Waals surface area contributed by atoms with Gasteiger partial charge in [-0.05, 0) is 88.4 Å². The van der Waals surface area contributed by atoms with Crippen LogP contribution in [0.1, 0.15) is 44.1 Å². The van der Waals surface area contributed by atoms with E-state index in [1.807, 2.05) is 30.3 Å². The smallest absolute Gasteiger partial charge is 0.161 e. The molecule has 0 amide bonds. The molecule has 0 spiro atoms. The number of nitrogens with zero attached hydrogens (tertiary/aromatic N) is 1. The fourth-order valence-electron chi connectivity index (χ4n) is 4.84. The average molecular weight is 398 g/mol. The molecule has 4 nitrogen and oxygen atoms in total. The zero-order valence-corrected chi connectivity index (χ0v) is 18.0. The largest absolute Gasteiger partial charge is 0.497 e. The monoisotopic (exact) mass is 397 g/mol. The van der Waals surface area contributed by atoms with Crippen LogP contribution < -0.4 is 4.74 Å². The highest BCUT2D eigenvalue weighted by Crippen LogP contribution is 2.48. The van der Waals surface area contributed by atoms with E-state index in [9.17, 15) is 9.90 Å². The number of unbranched alkanes of at least 4 members (excludes halogenated alkanes) is 2. The van der Waals surface area contributed by atoms with E-state index in [0.29, 0.717) is 5.92 Å². The van der Waals surface area contributed by atoms with E-state index in [1.165, 1.54) is 24.8 Å². The Morgan fingerprint density at radius 1 is 1.21 bits per heavy atom. The number of allylic oxidation sites excluding steroid dienone is 3. The van der Waals surface area contributed by atoms with E-state index in [0.717, 1.165) is 37.1 Å². The molecule has 4 heteroatoms. The molecule has 0 aromatic heterocycles. The Morgan fingerprint density at radius 3 is 2.66 bits per heavy atom. The number of fused-ring (bicyclic) bond motifs is 1. The van der Waals surface area contributed by atoms with Gasteiger partial charge in [-0.2, -0.15) is 0 Å². The van der Waals surface area contributed by atoms with Crippen LogP contribution in [-0.2, 0) is 4.79 Å². The molecule has 0 heterocycles. The van der Waals surface area contributed by atoms with Gasteiger partial charge in [0.15, 0.2) is 5.78 Å². The summed E-state index contributed by atoms with van der Waals surface area (Å²) in [5, 5.41) is 10.5. The minimum Gasteiger partial charge on any atom is -0.497 e. The zero-order valence-electron chi connectivity index (χ0n) is 18.0. The summed E-state index contributed by atoms with van der Waals surface area (Å²) in [5.41, 5.74) is 2.46. The van der Waals surface area contributed by atoms with Crippen molar-refractivity contribution in [2.24, 2.45) is 17.8 Å². The van der Waals surface area contributed by atoms with Gasteiger partial charge in [-0.1, -0.05) is 36.3 Å². The van der Waals surface area contributed by atoms with Gasteiger partial charge in [-0.3, -0.25) is 4.79 Å². The van der Waals surface area contributed by atoms with E-state index in [-0.39, 0.29) is 17.6 Å². The van der Waals surface area contributed by atoms with Crippen LogP contribution in [0.25, 0.3) is 6.08 Å². The summed E-state index contributed by atoms with van der Waals surface area (Å²) >= 11 is 0. The summed E-state index contributed by atoms with van der Waals surface area (Å²) in [6.45, 7) is 1.15. The first-order valence-corrected chi connectivity index (χ1v) is 10.9. The van der Waals surface area contributed by atoms with Crippen LogP contribution in [0, 0.1) is 17.8 Å². The number of aliphatic hydroxyl groups is 1. The highest BCUT2D eigenvalue weighted by molar-refractivity contribution is 5.96. The molecule has 1 aromatic rings. The number of carbonyl (C=O) groups is 1. The van der Waals surface area contributed by atoms with Crippen molar-refractivity contribution >= 4 is 11.9 Å². The normalized spacial score (nSPS) is 26.2. The van der Waals surface area contributed by atoms with Crippen molar-refractivity contribution in [3.05, 3.63) is 47.6 Å². The van der Waals surface area contributed by atoms with Gasteiger partial charge in [-0.15, -0.1) is 0 Å². The van der Waals surface area contributed by atoms with Gasteiger partial charge in [0.25, 0.3) is 0 Å². The van der Waals surface area contributed by atoms with E-state index >= 15 is 0 Å². The van der Waals surface area contributed by atoms with E-state index in [1.54, 1.807) is 13.2 Å². The molecule has 0 unspecified atom stereocenters. The van der Waals surface area contributed by atoms with Gasteiger partial charge in [0.05, 0.1) is 19.1 Å². The molecule has 1 saturated carbocycles. The summed E-state index contributed by atoms with van der Waals surface area (Å²) in [6.07, 6.45) is 11.9. The third kappa shape index (κ3) is 5.80. The lowest BCUT2D eigenvalue weighted by Gasteiger charge is -2.19. The third-order valence-corrected chi connectivity index (χ3v) is 6.37. The molecule has 2 aliphatic rings. The van der Waals surface area contributed by atoms with Crippen molar-refractivity contribution in [3.63, 3.8) is 0 Å². The fraction of sp³-hybridized carbons (Fsp3) is 0.560. The number of ether oxygens (including phenoxy) is 1. The van der Waals surface area contributed by atoms with Crippen LogP contribution in [0.2, 0.25) is 0 Å². The van der Waals surface area contributed by atoms with Gasteiger partial charge in [0, 0.05) is 0 Å². The molecule has 0 radical (unpaired) electrons. The van der Waals surface area contributed by atoms with Gasteiger partial charge < -0.3 is 14.7 Å². The van der Waals surface area contributed by atoms with Crippen LogP contribution in [0.3, 0.4) is 0 Å². The third-order valence-electron chi connectivity index (χ3n) is 6.37. The molecule has 29 heavy (non-hydrogen) atoms. The Labute approximate surface area is 175 Å². The molecule has 3 rings (SSSR count). The molecule has 0 bridgehead atoms. The summed E-state index contributed by atoms with van der Waals surface area (Å²) in [4.78, 5) is 15.1. The molecular formula is C25H35NO3. The Morgan fingerprint density at radius 2 is 1.97 bits per heavy atom. The standard InChI is InChI=1S/C25H35NO3/c1-26(2)14-6-4-5-7-19-15-20-17-24(28)25(22(20)16-19)23(27)13-10-18-8-11-21(29-3)12-9-18/h8-13,15,20,22,24-25,28H,4-7,14,16-17H2,1-3H3/t20-,22-,24+,25-/m0/s1. The highest BCUT2D eigenvalue weighted by atomic mass is 16.5. The first kappa shape index (κ1) is 21.8. The second kappa shape index (κ2) is 10.2. The maximum atomic E-state index is 12.9. The van der Waals surface area contributed by atoms with Crippen molar-refractivity contribution in [1.82, 2.24) is 4.90 Å². The fourth-order valence-corrected chi connectivity index (χ4v) is 4.84. The molecule has 2 aliphatic carbocycles. The van der Waals surface area contributed by atoms with Crippen molar-refractivity contribution in [1.29, 1.82) is 0 Å². The predicted octanol–water partition coefficient (Wildman–Crippen LogP) is 4.34. The lowest BCUT2D eigenvalue weighted by molar-refractivity contribution is -0.121. The van der Waals surface area contributed by atoms with Crippen molar-refractivity contribution in [2.45, 2.75) is 44.6 Å². The van der Waals surface area contributed by atoms with Crippen molar-refractivity contribution < 1.29 is 14.6 Å². The number of hydrogen-bond donors (Lipinski definition) is 1. The number of carbonyl (C=O) groups excluding carboxylic acids is 1. The molecule has 4 atom stereocenters. The molecular weight excluding hydrogens is 362 g/mol. The average Bonchev–Trinajstić information content (AvgIpc) is 3.21. The second-order valence-corrected chi connectivity index (χ2v) is 8.81. The molecule has 158 valence electrons. The number of hydrogen-bond acceptors (Lipinski definition) is 4. The van der Waals surface area contributed by atoms with E-state index in [4.69, 9.17) is 4.74 Å². The minimum atomic E-state index is -0.518. The number of rotatable bonds is 10. The molecule has 1 fully saturated rings. The quantitative estimate of drug-likeness (QED) is 0.362. The van der Waals surface area contributed by atoms with Crippen LogP contribution in [-0.4, -0.2) is 49.6 Å². The Bertz CT molecular complexity index is 735. The van der Waals surface area contributed by atoms with Crippen molar-refractivity contribution in [2.75, 3.05) is 27.7 Å². The van der Waals surface area contributed by atoms with Crippen molar-refractivity contribution in [3.8, 4) is 5.75 Å².